The molecule has 3 amide bonds. The van der Waals surface area contributed by atoms with Crippen LogP contribution in [0.4, 0.5) is 4.79 Å². The van der Waals surface area contributed by atoms with E-state index in [1.807, 2.05) is 0 Å². The summed E-state index contributed by atoms with van der Waals surface area (Å²) in [6.07, 6.45) is 0.313. The number of nitrogens with zero attached hydrogens (tertiary/aromatic N) is 2. The zero-order valence-corrected chi connectivity index (χ0v) is 11.1. The molecule has 0 spiro atoms. The van der Waals surface area contributed by atoms with E-state index in [1.165, 1.54) is 7.05 Å². The number of piperazine rings is 1. The Balaban J connectivity index is 2.33. The second-order valence-electron chi connectivity index (χ2n) is 4.57. The Morgan fingerprint density at radius 1 is 1.39 bits per heavy atom. The van der Waals surface area contributed by atoms with Crippen molar-refractivity contribution in [2.45, 2.75) is 12.5 Å². The van der Waals surface area contributed by atoms with Crippen molar-refractivity contribution >= 4 is 11.9 Å². The number of imide groups is 1. The molecule has 0 aromatic rings. The molecule has 104 valence electrons. The number of hydrogen-bond donors (Lipinski definition) is 3. The topological polar surface area (TPSA) is 90.7 Å². The van der Waals surface area contributed by atoms with Crippen LogP contribution < -0.4 is 16.4 Å². The Labute approximate surface area is 108 Å². The third-order valence-electron chi connectivity index (χ3n) is 3.19. The van der Waals surface area contributed by atoms with Gasteiger partial charge in [0.1, 0.15) is 0 Å². The molecule has 0 aromatic carbocycles. The van der Waals surface area contributed by atoms with E-state index < -0.39 is 6.03 Å². The smallest absolute Gasteiger partial charge is 0.321 e. The van der Waals surface area contributed by atoms with E-state index in [4.69, 9.17) is 5.73 Å². The van der Waals surface area contributed by atoms with Crippen molar-refractivity contribution in [1.29, 1.82) is 0 Å². The van der Waals surface area contributed by atoms with Gasteiger partial charge < -0.3 is 16.0 Å². The van der Waals surface area contributed by atoms with Gasteiger partial charge in [-0.2, -0.15) is 0 Å². The lowest BCUT2D eigenvalue weighted by atomic mass is 10.1. The highest BCUT2D eigenvalue weighted by molar-refractivity contribution is 5.94. The van der Waals surface area contributed by atoms with E-state index >= 15 is 0 Å². The van der Waals surface area contributed by atoms with Crippen LogP contribution in [0, 0.1) is 0 Å². The molecule has 18 heavy (non-hydrogen) atoms. The van der Waals surface area contributed by atoms with Gasteiger partial charge in [-0.15, -0.1) is 0 Å². The Morgan fingerprint density at radius 3 is 2.72 bits per heavy atom. The third kappa shape index (κ3) is 4.59. The van der Waals surface area contributed by atoms with E-state index in [0.29, 0.717) is 19.5 Å². The second-order valence-corrected chi connectivity index (χ2v) is 4.57. The van der Waals surface area contributed by atoms with E-state index in [1.54, 1.807) is 0 Å². The highest BCUT2D eigenvalue weighted by Gasteiger charge is 2.24. The summed E-state index contributed by atoms with van der Waals surface area (Å²) in [7, 11) is 3.55. The summed E-state index contributed by atoms with van der Waals surface area (Å²) in [4.78, 5) is 26.9. The molecule has 1 saturated heterocycles. The van der Waals surface area contributed by atoms with Crippen molar-refractivity contribution in [2.24, 2.45) is 5.73 Å². The predicted octanol–water partition coefficient (Wildman–Crippen LogP) is -1.59. The van der Waals surface area contributed by atoms with Crippen molar-refractivity contribution in [1.82, 2.24) is 20.4 Å². The Kier molecular flexibility index (Phi) is 6.03. The molecule has 1 unspecified atom stereocenters. The van der Waals surface area contributed by atoms with Crippen LogP contribution in [-0.4, -0.2) is 74.6 Å². The SMILES string of the molecule is CNC(=O)NC(=O)CCN1CCN(C)CC1CN. The molecule has 7 nitrogen and oxygen atoms in total. The average Bonchev–Trinajstić information content (AvgIpc) is 2.36. The quantitative estimate of drug-likeness (QED) is 0.565. The van der Waals surface area contributed by atoms with Gasteiger partial charge in [-0.3, -0.25) is 15.0 Å². The highest BCUT2D eigenvalue weighted by atomic mass is 16.2. The van der Waals surface area contributed by atoms with Crippen molar-refractivity contribution in [3.8, 4) is 0 Å². The lowest BCUT2D eigenvalue weighted by Gasteiger charge is -2.39. The summed E-state index contributed by atoms with van der Waals surface area (Å²) in [6.45, 7) is 4.03. The van der Waals surface area contributed by atoms with Gasteiger partial charge in [0.25, 0.3) is 0 Å². The lowest BCUT2D eigenvalue weighted by Crippen LogP contribution is -2.55. The number of urea groups is 1. The number of carbonyl (C=O) groups is 2. The summed E-state index contributed by atoms with van der Waals surface area (Å²) in [5.74, 6) is -0.260. The van der Waals surface area contributed by atoms with E-state index in [0.717, 1.165) is 19.6 Å². The zero-order valence-electron chi connectivity index (χ0n) is 11.1. The fourth-order valence-electron chi connectivity index (χ4n) is 2.06. The molecular weight excluding hydrogens is 234 g/mol. The molecular formula is C11H23N5O2. The first-order valence-corrected chi connectivity index (χ1v) is 6.21. The number of nitrogens with one attached hydrogen (secondary N) is 2. The minimum Gasteiger partial charge on any atom is -0.341 e. The van der Waals surface area contributed by atoms with Crippen molar-refractivity contribution in [3.05, 3.63) is 0 Å². The first-order chi connectivity index (χ1) is 8.56. The van der Waals surface area contributed by atoms with Crippen LogP contribution >= 0.6 is 0 Å². The Hall–Kier alpha value is -1.18. The number of nitrogens with two attached hydrogens (primary N) is 1. The van der Waals surface area contributed by atoms with Crippen LogP contribution in [0.2, 0.25) is 0 Å². The molecule has 0 aromatic heterocycles. The normalized spacial score (nSPS) is 21.6. The van der Waals surface area contributed by atoms with Gasteiger partial charge in [0.2, 0.25) is 5.91 Å². The van der Waals surface area contributed by atoms with Crippen molar-refractivity contribution in [3.63, 3.8) is 0 Å². The molecule has 1 fully saturated rings. The van der Waals surface area contributed by atoms with Crippen LogP contribution in [0.25, 0.3) is 0 Å². The monoisotopic (exact) mass is 257 g/mol. The maximum absolute atomic E-state index is 11.5. The van der Waals surface area contributed by atoms with Gasteiger partial charge in [0, 0.05) is 52.2 Å². The van der Waals surface area contributed by atoms with E-state index in [9.17, 15) is 9.59 Å². The maximum Gasteiger partial charge on any atom is 0.321 e. The van der Waals surface area contributed by atoms with Crippen molar-refractivity contribution in [2.75, 3.05) is 46.8 Å². The summed E-state index contributed by atoms with van der Waals surface area (Å²) in [5, 5.41) is 4.60. The zero-order chi connectivity index (χ0) is 13.5. The first-order valence-electron chi connectivity index (χ1n) is 6.21. The van der Waals surface area contributed by atoms with Crippen LogP contribution in [0.5, 0.6) is 0 Å². The summed E-state index contributed by atoms with van der Waals surface area (Å²) < 4.78 is 0. The minimum absolute atomic E-state index is 0.260. The number of likely N-dealkylation sites (N-methyl/N-ethyl adjacent to an activating group) is 1. The average molecular weight is 257 g/mol. The van der Waals surface area contributed by atoms with Gasteiger partial charge in [-0.25, -0.2) is 4.79 Å². The van der Waals surface area contributed by atoms with Gasteiger partial charge in [0.15, 0.2) is 0 Å². The molecule has 1 heterocycles. The molecule has 4 N–H and O–H groups in total. The Morgan fingerprint density at radius 2 is 2.11 bits per heavy atom. The third-order valence-corrected chi connectivity index (χ3v) is 3.19. The predicted molar refractivity (Wildman–Crippen MR) is 69.1 cm³/mol. The molecule has 0 radical (unpaired) electrons. The molecule has 1 atom stereocenters. The molecule has 7 heteroatoms. The van der Waals surface area contributed by atoms with Gasteiger partial charge in [-0.1, -0.05) is 0 Å². The van der Waals surface area contributed by atoms with Crippen molar-refractivity contribution < 1.29 is 9.59 Å². The molecule has 0 saturated carbocycles. The minimum atomic E-state index is -0.464. The molecule has 0 aliphatic carbocycles. The summed E-state index contributed by atoms with van der Waals surface area (Å²) >= 11 is 0. The lowest BCUT2D eigenvalue weighted by molar-refractivity contribution is -0.120. The number of amides is 3. The largest absolute Gasteiger partial charge is 0.341 e. The maximum atomic E-state index is 11.5. The number of rotatable bonds is 4. The summed E-state index contributed by atoms with van der Waals surface area (Å²) in [6, 6.07) is -0.176. The van der Waals surface area contributed by atoms with Crippen LogP contribution in [0.3, 0.4) is 0 Å². The van der Waals surface area contributed by atoms with Crippen LogP contribution in [0.1, 0.15) is 6.42 Å². The van der Waals surface area contributed by atoms with Gasteiger partial charge in [0.05, 0.1) is 0 Å². The molecule has 0 bridgehead atoms. The number of carbonyl (C=O) groups excluding carboxylic acids is 2. The van der Waals surface area contributed by atoms with Crippen LogP contribution in [0.15, 0.2) is 0 Å². The standard InChI is InChI=1S/C11H23N5O2/c1-13-11(18)14-10(17)3-4-16-6-5-15(2)8-9(16)7-12/h9H,3-8,12H2,1-2H3,(H2,13,14,17,18). The number of hydrogen-bond acceptors (Lipinski definition) is 5. The molecule has 1 aliphatic heterocycles. The fourth-order valence-corrected chi connectivity index (χ4v) is 2.06. The van der Waals surface area contributed by atoms with Crippen LogP contribution in [-0.2, 0) is 4.79 Å². The first kappa shape index (κ1) is 14.9. The molecule has 1 rings (SSSR count). The second kappa shape index (κ2) is 7.30. The Bertz CT molecular complexity index is 297. The van der Waals surface area contributed by atoms with E-state index in [-0.39, 0.29) is 11.9 Å². The summed E-state index contributed by atoms with van der Waals surface area (Å²) in [5.41, 5.74) is 5.73. The molecule has 1 aliphatic rings. The fraction of sp³-hybridized carbons (Fsp3) is 0.818. The van der Waals surface area contributed by atoms with E-state index in [2.05, 4.69) is 27.5 Å². The van der Waals surface area contributed by atoms with Gasteiger partial charge in [-0.05, 0) is 7.05 Å². The highest BCUT2D eigenvalue weighted by Crippen LogP contribution is 2.07. The van der Waals surface area contributed by atoms with Gasteiger partial charge >= 0.3 is 6.03 Å².